The third-order valence-electron chi connectivity index (χ3n) is 3.70. The zero-order valence-corrected chi connectivity index (χ0v) is 12.2. The summed E-state index contributed by atoms with van der Waals surface area (Å²) in [7, 11) is 0. The third kappa shape index (κ3) is 2.67. The monoisotopic (exact) mass is 267 g/mol. The number of anilines is 1. The van der Waals surface area contributed by atoms with Crippen LogP contribution in [0.1, 0.15) is 43.5 Å². The Hall–Kier alpha value is -1.90. The van der Waals surface area contributed by atoms with E-state index in [9.17, 15) is 0 Å². The summed E-state index contributed by atoms with van der Waals surface area (Å²) in [5.74, 6) is 2.58. The Bertz CT molecular complexity index is 589. The summed E-state index contributed by atoms with van der Waals surface area (Å²) in [6.07, 6.45) is 3.55. The summed E-state index contributed by atoms with van der Waals surface area (Å²) in [6, 6.07) is 10.4. The molecule has 0 amide bonds. The molecule has 1 aromatic heterocycles. The number of aromatic nitrogens is 2. The van der Waals surface area contributed by atoms with Crippen LogP contribution in [0.15, 0.2) is 30.3 Å². The largest absolute Gasteiger partial charge is 0.370 e. The fourth-order valence-corrected chi connectivity index (χ4v) is 2.35. The Morgan fingerprint density at radius 2 is 1.90 bits per heavy atom. The fourth-order valence-electron chi connectivity index (χ4n) is 2.35. The minimum absolute atomic E-state index is 0.570. The molecule has 1 fully saturated rings. The summed E-state index contributed by atoms with van der Waals surface area (Å²) in [4.78, 5) is 9.56. The Kier molecular flexibility index (Phi) is 3.68. The van der Waals surface area contributed by atoms with Gasteiger partial charge in [0.2, 0.25) is 0 Å². The van der Waals surface area contributed by atoms with E-state index >= 15 is 0 Å². The van der Waals surface area contributed by atoms with Crippen molar-refractivity contribution in [2.24, 2.45) is 0 Å². The van der Waals surface area contributed by atoms with Crippen molar-refractivity contribution in [1.82, 2.24) is 9.97 Å². The lowest BCUT2D eigenvalue weighted by molar-refractivity contribution is 0.902. The third-order valence-corrected chi connectivity index (χ3v) is 3.70. The predicted octanol–water partition coefficient (Wildman–Crippen LogP) is 4.15. The second-order valence-corrected chi connectivity index (χ2v) is 5.47. The van der Waals surface area contributed by atoms with Crippen LogP contribution in [0.5, 0.6) is 0 Å². The molecule has 20 heavy (non-hydrogen) atoms. The Morgan fingerprint density at radius 3 is 2.55 bits per heavy atom. The summed E-state index contributed by atoms with van der Waals surface area (Å²) >= 11 is 0. The minimum atomic E-state index is 0.570. The lowest BCUT2D eigenvalue weighted by atomic mass is 10.1. The van der Waals surface area contributed by atoms with Gasteiger partial charge in [-0.15, -0.1) is 0 Å². The van der Waals surface area contributed by atoms with Crippen LogP contribution in [-0.4, -0.2) is 16.5 Å². The van der Waals surface area contributed by atoms with E-state index in [2.05, 4.69) is 43.4 Å². The summed E-state index contributed by atoms with van der Waals surface area (Å²) < 4.78 is 0. The zero-order chi connectivity index (χ0) is 13.9. The molecule has 1 aliphatic rings. The van der Waals surface area contributed by atoms with Crippen molar-refractivity contribution in [2.75, 3.05) is 11.9 Å². The molecule has 2 aromatic rings. The maximum Gasteiger partial charge on any atom is 0.134 e. The van der Waals surface area contributed by atoms with Crippen molar-refractivity contribution >= 4 is 5.82 Å². The van der Waals surface area contributed by atoms with Gasteiger partial charge in [-0.3, -0.25) is 0 Å². The number of nitrogens with zero attached hydrogens (tertiary/aromatic N) is 2. The minimum Gasteiger partial charge on any atom is -0.370 e. The lowest BCUT2D eigenvalue weighted by Crippen LogP contribution is -2.08. The van der Waals surface area contributed by atoms with E-state index in [1.54, 1.807) is 0 Å². The predicted molar refractivity (Wildman–Crippen MR) is 83.0 cm³/mol. The fraction of sp³-hybridized carbons (Fsp3) is 0.412. The van der Waals surface area contributed by atoms with Gasteiger partial charge in [0.05, 0.1) is 5.69 Å². The van der Waals surface area contributed by atoms with Crippen molar-refractivity contribution in [3.8, 4) is 11.3 Å². The molecule has 0 bridgehead atoms. The first-order valence-electron chi connectivity index (χ1n) is 7.47. The molecule has 3 nitrogen and oxygen atoms in total. The van der Waals surface area contributed by atoms with Gasteiger partial charge >= 0.3 is 0 Å². The van der Waals surface area contributed by atoms with Crippen molar-refractivity contribution in [3.05, 3.63) is 41.7 Å². The Balaban J connectivity index is 2.05. The van der Waals surface area contributed by atoms with Gasteiger partial charge in [0.15, 0.2) is 0 Å². The van der Waals surface area contributed by atoms with Crippen LogP contribution in [-0.2, 0) is 0 Å². The smallest absolute Gasteiger partial charge is 0.134 e. The Labute approximate surface area is 120 Å². The average Bonchev–Trinajstić information content (AvgIpc) is 3.32. The Morgan fingerprint density at radius 1 is 1.15 bits per heavy atom. The van der Waals surface area contributed by atoms with Crippen LogP contribution in [0.25, 0.3) is 11.3 Å². The lowest BCUT2D eigenvalue weighted by Gasteiger charge is -2.13. The molecule has 1 aromatic carbocycles. The number of hydrogen-bond donors (Lipinski definition) is 1. The van der Waals surface area contributed by atoms with E-state index in [0.29, 0.717) is 5.92 Å². The number of hydrogen-bond acceptors (Lipinski definition) is 3. The van der Waals surface area contributed by atoms with Gasteiger partial charge in [-0.1, -0.05) is 37.3 Å². The van der Waals surface area contributed by atoms with Crippen molar-refractivity contribution < 1.29 is 0 Å². The number of rotatable bonds is 5. The van der Waals surface area contributed by atoms with E-state index in [-0.39, 0.29) is 0 Å². The molecule has 0 saturated heterocycles. The molecule has 0 unspecified atom stereocenters. The molecule has 104 valence electrons. The first kappa shape index (κ1) is 13.1. The molecule has 3 rings (SSSR count). The van der Waals surface area contributed by atoms with E-state index in [4.69, 9.17) is 9.97 Å². The molecule has 0 aliphatic heterocycles. The summed E-state index contributed by atoms with van der Waals surface area (Å²) in [5, 5.41) is 3.44. The van der Waals surface area contributed by atoms with Crippen molar-refractivity contribution in [2.45, 2.75) is 39.0 Å². The molecule has 0 atom stereocenters. The highest BCUT2D eigenvalue weighted by molar-refractivity contribution is 5.68. The van der Waals surface area contributed by atoms with Crippen LogP contribution >= 0.6 is 0 Å². The second kappa shape index (κ2) is 5.61. The molecule has 1 N–H and O–H groups in total. The zero-order valence-electron chi connectivity index (χ0n) is 12.2. The normalized spacial score (nSPS) is 14.3. The van der Waals surface area contributed by atoms with E-state index in [0.717, 1.165) is 35.9 Å². The van der Waals surface area contributed by atoms with Gasteiger partial charge in [0, 0.05) is 23.6 Å². The molecule has 1 heterocycles. The maximum atomic E-state index is 4.82. The van der Waals surface area contributed by atoms with Gasteiger partial charge in [-0.05, 0) is 26.2 Å². The molecule has 3 heteroatoms. The van der Waals surface area contributed by atoms with E-state index in [1.165, 1.54) is 18.4 Å². The van der Waals surface area contributed by atoms with Crippen LogP contribution in [0.2, 0.25) is 0 Å². The molecular formula is C17H21N3. The molecule has 1 saturated carbocycles. The molecule has 1 aliphatic carbocycles. The number of benzene rings is 1. The highest BCUT2D eigenvalue weighted by atomic mass is 15.0. The highest BCUT2D eigenvalue weighted by Crippen LogP contribution is 2.40. The first-order chi connectivity index (χ1) is 9.79. The van der Waals surface area contributed by atoms with Gasteiger partial charge in [-0.2, -0.15) is 0 Å². The molecule has 0 spiro atoms. The SMILES string of the molecule is CCCNc1nc(C2CC2)nc(-c2ccccc2)c1C. The topological polar surface area (TPSA) is 37.8 Å². The summed E-state index contributed by atoms with van der Waals surface area (Å²) in [5.41, 5.74) is 3.39. The van der Waals surface area contributed by atoms with E-state index in [1.807, 2.05) is 6.07 Å². The summed E-state index contributed by atoms with van der Waals surface area (Å²) in [6.45, 7) is 5.23. The second-order valence-electron chi connectivity index (χ2n) is 5.47. The number of nitrogens with one attached hydrogen (secondary N) is 1. The quantitative estimate of drug-likeness (QED) is 0.884. The van der Waals surface area contributed by atoms with Gasteiger partial charge in [-0.25, -0.2) is 9.97 Å². The molecule has 0 radical (unpaired) electrons. The van der Waals surface area contributed by atoms with E-state index < -0.39 is 0 Å². The highest BCUT2D eigenvalue weighted by Gasteiger charge is 2.28. The van der Waals surface area contributed by atoms with Crippen LogP contribution in [0.4, 0.5) is 5.82 Å². The van der Waals surface area contributed by atoms with Crippen LogP contribution in [0, 0.1) is 6.92 Å². The maximum absolute atomic E-state index is 4.82. The van der Waals surface area contributed by atoms with Gasteiger partial charge in [0.25, 0.3) is 0 Å². The van der Waals surface area contributed by atoms with Crippen LogP contribution in [0.3, 0.4) is 0 Å². The van der Waals surface area contributed by atoms with Gasteiger partial charge < -0.3 is 5.32 Å². The van der Waals surface area contributed by atoms with Crippen LogP contribution < -0.4 is 5.32 Å². The first-order valence-corrected chi connectivity index (χ1v) is 7.47. The van der Waals surface area contributed by atoms with Gasteiger partial charge in [0.1, 0.15) is 11.6 Å². The standard InChI is InChI=1S/C17H21N3/c1-3-11-18-16-12(2)15(13-7-5-4-6-8-13)19-17(20-16)14-9-10-14/h4-8,14H,3,9-11H2,1-2H3,(H,18,19,20). The molecular weight excluding hydrogens is 246 g/mol. The van der Waals surface area contributed by atoms with Crippen molar-refractivity contribution in [3.63, 3.8) is 0 Å². The van der Waals surface area contributed by atoms with Crippen molar-refractivity contribution in [1.29, 1.82) is 0 Å². The average molecular weight is 267 g/mol.